The van der Waals surface area contributed by atoms with Gasteiger partial charge >= 0.3 is 14.8 Å². The van der Waals surface area contributed by atoms with Gasteiger partial charge in [-0.2, -0.15) is 0 Å². The third-order valence-corrected chi connectivity index (χ3v) is 7.61. The second-order valence-electron chi connectivity index (χ2n) is 6.21. The number of allylic oxidation sites excluding steroid dienone is 1. The normalized spacial score (nSPS) is 26.0. The molecule has 2 bridgehead atoms. The Hall–Kier alpha value is -0.733. The lowest BCUT2D eigenvalue weighted by molar-refractivity contribution is -0.150. The van der Waals surface area contributed by atoms with Gasteiger partial charge in [0, 0.05) is 39.8 Å². The molecule has 0 amide bonds. The van der Waals surface area contributed by atoms with Crippen LogP contribution < -0.4 is 5.32 Å². The van der Waals surface area contributed by atoms with Crippen LogP contribution in [0.15, 0.2) is 12.2 Å². The van der Waals surface area contributed by atoms with Crippen LogP contribution in [0.3, 0.4) is 0 Å². The van der Waals surface area contributed by atoms with E-state index in [0.29, 0.717) is 24.8 Å². The predicted octanol–water partition coefficient (Wildman–Crippen LogP) is 1.74. The Balaban J connectivity index is 1.52. The maximum atomic E-state index is 11.9. The lowest BCUT2D eigenvalue weighted by Crippen LogP contribution is -2.43. The molecule has 2 aliphatic rings. The Morgan fingerprint density at radius 3 is 2.43 bits per heavy atom. The zero-order valence-corrected chi connectivity index (χ0v) is 15.4. The van der Waals surface area contributed by atoms with Gasteiger partial charge in [-0.1, -0.05) is 12.2 Å². The fraction of sp³-hybridized carbons (Fsp3) is 0.812. The molecule has 132 valence electrons. The third kappa shape index (κ3) is 5.12. The number of nitrogens with one attached hydrogen (secondary N) is 1. The van der Waals surface area contributed by atoms with E-state index in [1.54, 1.807) is 21.3 Å². The Bertz CT molecular complexity index is 405. The zero-order chi connectivity index (χ0) is 16.7. The van der Waals surface area contributed by atoms with Gasteiger partial charge < -0.3 is 23.3 Å². The molecule has 3 unspecified atom stereocenters. The molecule has 0 aromatic carbocycles. The van der Waals surface area contributed by atoms with E-state index >= 15 is 0 Å². The van der Waals surface area contributed by atoms with E-state index in [2.05, 4.69) is 17.5 Å². The van der Waals surface area contributed by atoms with Gasteiger partial charge in [0.05, 0.1) is 6.42 Å². The highest BCUT2D eigenvalue weighted by Gasteiger charge is 2.38. The van der Waals surface area contributed by atoms with Crippen molar-refractivity contribution in [3.05, 3.63) is 12.2 Å². The number of hydrogen-bond donors (Lipinski definition) is 1. The molecule has 0 saturated heterocycles. The lowest BCUT2D eigenvalue weighted by atomic mass is 10.0. The van der Waals surface area contributed by atoms with Crippen molar-refractivity contribution in [3.8, 4) is 0 Å². The average molecular weight is 343 g/mol. The standard InChI is InChI=1S/C16H29NO5Si/c1-19-23(20-2,21-3)10-4-8-17-9-7-16(18)22-15-12-13-5-6-14(15)11-13/h5-6,13-15,17H,4,7-12H2,1-3H3. The maximum Gasteiger partial charge on any atom is 0.500 e. The molecule has 0 aromatic heterocycles. The van der Waals surface area contributed by atoms with Crippen molar-refractivity contribution in [2.24, 2.45) is 11.8 Å². The van der Waals surface area contributed by atoms with Crippen molar-refractivity contribution < 1.29 is 22.8 Å². The molecule has 1 fully saturated rings. The number of ether oxygens (including phenoxy) is 1. The van der Waals surface area contributed by atoms with Crippen molar-refractivity contribution in [1.29, 1.82) is 0 Å². The molecule has 6 nitrogen and oxygen atoms in total. The van der Waals surface area contributed by atoms with Crippen LogP contribution in [0.2, 0.25) is 6.04 Å². The summed E-state index contributed by atoms with van der Waals surface area (Å²) in [7, 11) is 2.39. The molecule has 3 atom stereocenters. The summed E-state index contributed by atoms with van der Waals surface area (Å²) in [6.45, 7) is 1.44. The lowest BCUT2D eigenvalue weighted by Gasteiger charge is -2.24. The highest BCUT2D eigenvalue weighted by molar-refractivity contribution is 6.60. The molecule has 0 aliphatic heterocycles. The van der Waals surface area contributed by atoms with Crippen LogP contribution >= 0.6 is 0 Å². The SMILES string of the molecule is CO[Si](CCCNCCC(=O)OC1CC2C=CC1C2)(OC)OC. The summed E-state index contributed by atoms with van der Waals surface area (Å²) in [5.74, 6) is 0.979. The first kappa shape index (κ1) is 18.6. The van der Waals surface area contributed by atoms with Gasteiger partial charge in [-0.25, -0.2) is 0 Å². The summed E-state index contributed by atoms with van der Waals surface area (Å²) < 4.78 is 21.7. The van der Waals surface area contributed by atoms with Crippen LogP contribution in [0.1, 0.15) is 25.7 Å². The van der Waals surface area contributed by atoms with E-state index < -0.39 is 8.80 Å². The first-order valence-corrected chi connectivity index (χ1v) is 10.3. The largest absolute Gasteiger partial charge is 0.500 e. The second kappa shape index (κ2) is 8.94. The summed E-state index contributed by atoms with van der Waals surface area (Å²) in [6, 6.07) is 0.755. The fourth-order valence-corrected chi connectivity index (χ4v) is 5.12. The van der Waals surface area contributed by atoms with Gasteiger partial charge in [0.15, 0.2) is 0 Å². The van der Waals surface area contributed by atoms with Gasteiger partial charge in [0.1, 0.15) is 6.10 Å². The van der Waals surface area contributed by atoms with Crippen molar-refractivity contribution in [3.63, 3.8) is 0 Å². The molecule has 23 heavy (non-hydrogen) atoms. The molecule has 1 saturated carbocycles. The quantitative estimate of drug-likeness (QED) is 0.267. The Morgan fingerprint density at radius 2 is 1.87 bits per heavy atom. The maximum absolute atomic E-state index is 11.9. The van der Waals surface area contributed by atoms with E-state index in [0.717, 1.165) is 31.9 Å². The minimum absolute atomic E-state index is 0.0992. The molecule has 2 aliphatic carbocycles. The van der Waals surface area contributed by atoms with Crippen molar-refractivity contribution in [2.75, 3.05) is 34.4 Å². The third-order valence-electron chi connectivity index (χ3n) is 4.78. The smallest absolute Gasteiger partial charge is 0.462 e. The van der Waals surface area contributed by atoms with E-state index in [4.69, 9.17) is 18.0 Å². The summed E-state index contributed by atoms with van der Waals surface area (Å²) in [6.07, 6.45) is 8.00. The van der Waals surface area contributed by atoms with Crippen molar-refractivity contribution in [2.45, 2.75) is 37.8 Å². The fourth-order valence-electron chi connectivity index (χ4n) is 3.40. The molecule has 0 aromatic rings. The number of hydrogen-bond acceptors (Lipinski definition) is 6. The monoisotopic (exact) mass is 343 g/mol. The molecule has 0 heterocycles. The Morgan fingerprint density at radius 1 is 1.13 bits per heavy atom. The first-order chi connectivity index (χ1) is 11.1. The Kier molecular flexibility index (Phi) is 7.23. The van der Waals surface area contributed by atoms with Crippen LogP contribution in [-0.4, -0.2) is 55.3 Å². The average Bonchev–Trinajstić information content (AvgIpc) is 3.18. The number of fused-ring (bicyclic) bond motifs is 2. The summed E-state index contributed by atoms with van der Waals surface area (Å²) in [5, 5.41) is 3.26. The van der Waals surface area contributed by atoms with Gasteiger partial charge in [-0.15, -0.1) is 0 Å². The number of rotatable bonds is 11. The van der Waals surface area contributed by atoms with Crippen molar-refractivity contribution in [1.82, 2.24) is 5.32 Å². The molecular weight excluding hydrogens is 314 g/mol. The summed E-state index contributed by atoms with van der Waals surface area (Å²) in [4.78, 5) is 11.9. The van der Waals surface area contributed by atoms with E-state index in [9.17, 15) is 4.79 Å². The molecule has 1 N–H and O–H groups in total. The summed E-state index contributed by atoms with van der Waals surface area (Å²) in [5.41, 5.74) is 0. The molecule has 0 spiro atoms. The summed E-state index contributed by atoms with van der Waals surface area (Å²) >= 11 is 0. The molecule has 2 rings (SSSR count). The van der Waals surface area contributed by atoms with E-state index in [1.807, 2.05) is 0 Å². The number of carbonyl (C=O) groups is 1. The van der Waals surface area contributed by atoms with Crippen LogP contribution in [-0.2, 0) is 22.8 Å². The molecule has 7 heteroatoms. The van der Waals surface area contributed by atoms with Crippen LogP contribution in [0.4, 0.5) is 0 Å². The number of carbonyl (C=O) groups excluding carboxylic acids is 1. The first-order valence-electron chi connectivity index (χ1n) is 8.36. The van der Waals surface area contributed by atoms with Gasteiger partial charge in [0.25, 0.3) is 0 Å². The van der Waals surface area contributed by atoms with Gasteiger partial charge in [-0.3, -0.25) is 4.79 Å². The molecule has 0 radical (unpaired) electrons. The minimum atomic E-state index is -2.47. The Labute approximate surface area is 139 Å². The van der Waals surface area contributed by atoms with Crippen LogP contribution in [0.25, 0.3) is 0 Å². The highest BCUT2D eigenvalue weighted by Crippen LogP contribution is 2.40. The number of esters is 1. The van der Waals surface area contributed by atoms with E-state index in [-0.39, 0.29) is 12.1 Å². The predicted molar refractivity (Wildman–Crippen MR) is 88.9 cm³/mol. The van der Waals surface area contributed by atoms with Crippen molar-refractivity contribution >= 4 is 14.8 Å². The highest BCUT2D eigenvalue weighted by atomic mass is 28.4. The van der Waals surface area contributed by atoms with E-state index in [1.165, 1.54) is 0 Å². The topological polar surface area (TPSA) is 66.0 Å². The van der Waals surface area contributed by atoms with Gasteiger partial charge in [0.2, 0.25) is 0 Å². The minimum Gasteiger partial charge on any atom is -0.462 e. The molecular formula is C16H29NO5Si. The van der Waals surface area contributed by atoms with Crippen LogP contribution in [0, 0.1) is 11.8 Å². The van der Waals surface area contributed by atoms with Crippen LogP contribution in [0.5, 0.6) is 0 Å². The van der Waals surface area contributed by atoms with Gasteiger partial charge in [-0.05, 0) is 31.7 Å². The second-order valence-corrected chi connectivity index (χ2v) is 9.30. The zero-order valence-electron chi connectivity index (χ0n) is 14.4.